The summed E-state index contributed by atoms with van der Waals surface area (Å²) in [6, 6.07) is 5.42. The molecule has 1 saturated heterocycles. The number of hydrogen-bond acceptors (Lipinski definition) is 5. The van der Waals surface area contributed by atoms with Crippen molar-refractivity contribution in [3.8, 4) is 0 Å². The van der Waals surface area contributed by atoms with Crippen LogP contribution in [0.4, 0.5) is 0 Å². The van der Waals surface area contributed by atoms with Crippen LogP contribution in [-0.4, -0.2) is 33.3 Å². The van der Waals surface area contributed by atoms with Crippen molar-refractivity contribution in [2.24, 2.45) is 14.1 Å². The first-order valence-electron chi connectivity index (χ1n) is 8.59. The molecule has 136 valence electrons. The highest BCUT2D eigenvalue weighted by atomic mass is 16.5. The molecule has 1 aliphatic heterocycles. The van der Waals surface area contributed by atoms with Crippen molar-refractivity contribution < 1.29 is 9.15 Å². The van der Waals surface area contributed by atoms with Crippen LogP contribution in [0.25, 0.3) is 0 Å². The molecular weight excluding hydrogens is 322 g/mol. The van der Waals surface area contributed by atoms with Gasteiger partial charge in [-0.25, -0.2) is 4.79 Å². The number of aryl methyl sites for hydroxylation is 1. The summed E-state index contributed by atoms with van der Waals surface area (Å²) in [7, 11) is 3.18. The van der Waals surface area contributed by atoms with E-state index in [4.69, 9.17) is 9.15 Å². The van der Waals surface area contributed by atoms with E-state index in [-0.39, 0.29) is 17.4 Å². The van der Waals surface area contributed by atoms with Crippen LogP contribution in [0.2, 0.25) is 0 Å². The lowest BCUT2D eigenvalue weighted by atomic mass is 10.2. The van der Waals surface area contributed by atoms with Gasteiger partial charge in [0.2, 0.25) is 0 Å². The van der Waals surface area contributed by atoms with Gasteiger partial charge in [-0.2, -0.15) is 0 Å². The summed E-state index contributed by atoms with van der Waals surface area (Å²) in [4.78, 5) is 26.3. The number of furan rings is 1. The highest BCUT2D eigenvalue weighted by Crippen LogP contribution is 2.17. The maximum Gasteiger partial charge on any atom is 0.330 e. The minimum absolute atomic E-state index is 0.180. The van der Waals surface area contributed by atoms with E-state index in [9.17, 15) is 9.59 Å². The Kier molecular flexibility index (Phi) is 5.24. The van der Waals surface area contributed by atoms with E-state index in [0.29, 0.717) is 18.8 Å². The highest BCUT2D eigenvalue weighted by Gasteiger charge is 2.21. The summed E-state index contributed by atoms with van der Waals surface area (Å²) in [5.41, 5.74) is 0.0896. The van der Waals surface area contributed by atoms with Crippen LogP contribution >= 0.6 is 0 Å². The molecule has 1 aliphatic rings. The first-order chi connectivity index (χ1) is 11.9. The Labute approximate surface area is 146 Å². The van der Waals surface area contributed by atoms with Crippen molar-refractivity contribution in [1.82, 2.24) is 14.0 Å². The van der Waals surface area contributed by atoms with Crippen molar-refractivity contribution in [3.63, 3.8) is 0 Å². The van der Waals surface area contributed by atoms with E-state index in [2.05, 4.69) is 4.90 Å². The molecule has 2 aromatic rings. The van der Waals surface area contributed by atoms with Crippen LogP contribution in [0.15, 0.2) is 32.2 Å². The maximum absolute atomic E-state index is 12.2. The molecule has 0 bridgehead atoms. The molecule has 0 spiro atoms. The Hall–Kier alpha value is -2.12. The Balaban J connectivity index is 1.83. The number of rotatable bonds is 6. The van der Waals surface area contributed by atoms with E-state index in [1.807, 2.05) is 19.1 Å². The zero-order chi connectivity index (χ0) is 18.0. The molecule has 0 unspecified atom stereocenters. The Bertz CT molecular complexity index is 843. The molecule has 3 heterocycles. The summed E-state index contributed by atoms with van der Waals surface area (Å²) >= 11 is 0. The molecule has 0 aromatic carbocycles. The molecule has 7 nitrogen and oxygen atoms in total. The molecule has 0 amide bonds. The van der Waals surface area contributed by atoms with Crippen molar-refractivity contribution in [2.45, 2.75) is 39.0 Å². The Morgan fingerprint density at radius 3 is 2.64 bits per heavy atom. The quantitative estimate of drug-likeness (QED) is 0.784. The minimum atomic E-state index is -0.312. The summed E-state index contributed by atoms with van der Waals surface area (Å²) in [6.45, 7) is 4.54. The fourth-order valence-corrected chi connectivity index (χ4v) is 3.21. The average Bonchev–Trinajstić information content (AvgIpc) is 3.22. The lowest BCUT2D eigenvalue weighted by Crippen LogP contribution is -2.40. The van der Waals surface area contributed by atoms with E-state index in [1.165, 1.54) is 17.7 Å². The molecule has 1 fully saturated rings. The van der Waals surface area contributed by atoms with Gasteiger partial charge in [-0.15, -0.1) is 0 Å². The molecule has 0 saturated carbocycles. The van der Waals surface area contributed by atoms with Crippen LogP contribution in [-0.2, 0) is 31.9 Å². The minimum Gasteiger partial charge on any atom is -0.465 e. The first-order valence-corrected chi connectivity index (χ1v) is 8.59. The lowest BCUT2D eigenvalue weighted by Gasteiger charge is -2.25. The summed E-state index contributed by atoms with van der Waals surface area (Å²) in [6.07, 6.45) is 2.28. The summed E-state index contributed by atoms with van der Waals surface area (Å²) in [5, 5.41) is 0. The molecule has 7 heteroatoms. The number of aromatic nitrogens is 2. The third-order valence-corrected chi connectivity index (χ3v) is 4.67. The predicted octanol–water partition coefficient (Wildman–Crippen LogP) is 1.17. The van der Waals surface area contributed by atoms with Crippen LogP contribution < -0.4 is 11.2 Å². The second kappa shape index (κ2) is 7.41. The van der Waals surface area contributed by atoms with E-state index in [1.54, 1.807) is 7.05 Å². The van der Waals surface area contributed by atoms with Crippen molar-refractivity contribution >= 4 is 0 Å². The van der Waals surface area contributed by atoms with Crippen molar-refractivity contribution in [3.05, 3.63) is 56.3 Å². The normalized spacial score (nSPS) is 17.5. The van der Waals surface area contributed by atoms with Gasteiger partial charge in [-0.3, -0.25) is 18.8 Å². The van der Waals surface area contributed by atoms with Gasteiger partial charge in [0.15, 0.2) is 0 Å². The van der Waals surface area contributed by atoms with Gasteiger partial charge in [0.1, 0.15) is 11.5 Å². The van der Waals surface area contributed by atoms with Gasteiger partial charge >= 0.3 is 5.69 Å². The van der Waals surface area contributed by atoms with Gasteiger partial charge in [0.05, 0.1) is 12.6 Å². The van der Waals surface area contributed by atoms with Crippen molar-refractivity contribution in [2.75, 3.05) is 13.2 Å². The standard InChI is InChI=1S/C18H25N3O4/c1-13-6-7-16(25-13)12-21(11-15-5-4-8-24-15)10-14-9-17(22)20(3)18(23)19(14)2/h6-7,9,15H,4-5,8,10-12H2,1-3H3/t15-/m0/s1. The molecule has 2 aromatic heterocycles. The van der Waals surface area contributed by atoms with E-state index >= 15 is 0 Å². The number of ether oxygens (including phenoxy) is 1. The molecular formula is C18H25N3O4. The maximum atomic E-state index is 12.2. The molecule has 0 radical (unpaired) electrons. The zero-order valence-electron chi connectivity index (χ0n) is 15.0. The van der Waals surface area contributed by atoms with Crippen LogP contribution in [0, 0.1) is 6.92 Å². The number of hydrogen-bond donors (Lipinski definition) is 0. The smallest absolute Gasteiger partial charge is 0.330 e. The van der Waals surface area contributed by atoms with Gasteiger partial charge in [0.25, 0.3) is 5.56 Å². The SMILES string of the molecule is Cc1ccc(CN(Cc2cc(=O)n(C)c(=O)n2C)C[C@@H]2CCCO2)o1. The van der Waals surface area contributed by atoms with E-state index in [0.717, 1.165) is 42.1 Å². The Morgan fingerprint density at radius 1 is 1.20 bits per heavy atom. The van der Waals surface area contributed by atoms with Crippen LogP contribution in [0.3, 0.4) is 0 Å². The van der Waals surface area contributed by atoms with Gasteiger partial charge in [0, 0.05) is 45.6 Å². The van der Waals surface area contributed by atoms with Crippen molar-refractivity contribution in [1.29, 1.82) is 0 Å². The Morgan fingerprint density at radius 2 is 2.00 bits per heavy atom. The number of nitrogens with zero attached hydrogens (tertiary/aromatic N) is 3. The largest absolute Gasteiger partial charge is 0.465 e. The predicted molar refractivity (Wildman–Crippen MR) is 93.5 cm³/mol. The average molecular weight is 347 g/mol. The molecule has 3 rings (SSSR count). The van der Waals surface area contributed by atoms with Crippen LogP contribution in [0.5, 0.6) is 0 Å². The topological polar surface area (TPSA) is 69.6 Å². The zero-order valence-corrected chi connectivity index (χ0v) is 15.0. The summed E-state index contributed by atoms with van der Waals surface area (Å²) in [5.74, 6) is 1.73. The summed E-state index contributed by atoms with van der Waals surface area (Å²) < 4.78 is 14.1. The first kappa shape index (κ1) is 17.7. The van der Waals surface area contributed by atoms with Gasteiger partial charge in [-0.1, -0.05) is 0 Å². The lowest BCUT2D eigenvalue weighted by molar-refractivity contribution is 0.0644. The molecule has 0 N–H and O–H groups in total. The third kappa shape index (κ3) is 4.11. The third-order valence-electron chi connectivity index (χ3n) is 4.67. The highest BCUT2D eigenvalue weighted by molar-refractivity contribution is 5.07. The second-order valence-electron chi connectivity index (χ2n) is 6.69. The monoisotopic (exact) mass is 347 g/mol. The molecule has 0 aliphatic carbocycles. The molecule has 25 heavy (non-hydrogen) atoms. The van der Waals surface area contributed by atoms with Gasteiger partial charge < -0.3 is 9.15 Å². The fourth-order valence-electron chi connectivity index (χ4n) is 3.21. The molecule has 1 atom stereocenters. The van der Waals surface area contributed by atoms with Gasteiger partial charge in [-0.05, 0) is 31.9 Å². The fraction of sp³-hybridized carbons (Fsp3) is 0.556. The van der Waals surface area contributed by atoms with Crippen LogP contribution in [0.1, 0.15) is 30.1 Å². The van der Waals surface area contributed by atoms with E-state index < -0.39 is 0 Å². The second-order valence-corrected chi connectivity index (χ2v) is 6.69.